The predicted molar refractivity (Wildman–Crippen MR) is 97.9 cm³/mol. The molecule has 132 valence electrons. The monoisotopic (exact) mass is 363 g/mol. The number of rotatable bonds is 6. The van der Waals surface area contributed by atoms with Gasteiger partial charge in [-0.1, -0.05) is 12.1 Å². The van der Waals surface area contributed by atoms with Gasteiger partial charge in [-0.25, -0.2) is 0 Å². The zero-order chi connectivity index (χ0) is 15.1. The van der Waals surface area contributed by atoms with Crippen molar-refractivity contribution >= 4 is 30.7 Å². The number of carbonyl (C=O) groups excluding carboxylic acids is 1. The van der Waals surface area contributed by atoms with Crippen molar-refractivity contribution in [1.29, 1.82) is 0 Å². The van der Waals surface area contributed by atoms with Crippen LogP contribution in [0.1, 0.15) is 19.4 Å². The van der Waals surface area contributed by atoms with E-state index in [1.807, 2.05) is 38.1 Å². The van der Waals surface area contributed by atoms with Crippen LogP contribution in [0.2, 0.25) is 0 Å². The number of amides is 1. The lowest BCUT2D eigenvalue weighted by atomic mass is 10.2. The maximum atomic E-state index is 11.9. The van der Waals surface area contributed by atoms with Crippen molar-refractivity contribution in [3.63, 3.8) is 0 Å². The number of nitrogens with zero attached hydrogens (tertiary/aromatic N) is 1. The van der Waals surface area contributed by atoms with E-state index in [-0.39, 0.29) is 36.8 Å². The number of piperazine rings is 1. The summed E-state index contributed by atoms with van der Waals surface area (Å²) >= 11 is 0. The minimum atomic E-state index is 0. The Morgan fingerprint density at radius 2 is 2.00 bits per heavy atom. The summed E-state index contributed by atoms with van der Waals surface area (Å²) in [6, 6.07) is 7.87. The molecular weight excluding hydrogens is 337 g/mol. The predicted octanol–water partition coefficient (Wildman–Crippen LogP) is 1.84. The molecule has 1 saturated heterocycles. The van der Waals surface area contributed by atoms with Gasteiger partial charge in [-0.15, -0.1) is 24.8 Å². The van der Waals surface area contributed by atoms with E-state index >= 15 is 0 Å². The summed E-state index contributed by atoms with van der Waals surface area (Å²) in [7, 11) is 0. The average Bonchev–Trinajstić information content (AvgIpc) is 2.46. The fourth-order valence-corrected chi connectivity index (χ4v) is 2.33. The highest BCUT2D eigenvalue weighted by Crippen LogP contribution is 2.14. The second kappa shape index (κ2) is 11.5. The Kier molecular flexibility index (Phi) is 11.0. The third kappa shape index (κ3) is 8.42. The Labute approximate surface area is 151 Å². The van der Waals surface area contributed by atoms with Crippen LogP contribution in [-0.2, 0) is 11.3 Å². The van der Waals surface area contributed by atoms with Crippen LogP contribution in [0.15, 0.2) is 24.3 Å². The van der Waals surface area contributed by atoms with Crippen LogP contribution in [0.3, 0.4) is 0 Å². The summed E-state index contributed by atoms with van der Waals surface area (Å²) in [5, 5.41) is 6.25. The number of halogens is 2. The van der Waals surface area contributed by atoms with Crippen LogP contribution in [0.25, 0.3) is 0 Å². The molecule has 1 aromatic carbocycles. The van der Waals surface area contributed by atoms with Gasteiger partial charge < -0.3 is 15.4 Å². The van der Waals surface area contributed by atoms with Gasteiger partial charge in [0.25, 0.3) is 0 Å². The van der Waals surface area contributed by atoms with Gasteiger partial charge in [0, 0.05) is 32.7 Å². The van der Waals surface area contributed by atoms with Crippen molar-refractivity contribution < 1.29 is 9.53 Å². The molecule has 1 heterocycles. The number of carbonyl (C=O) groups is 1. The van der Waals surface area contributed by atoms with Crippen molar-refractivity contribution in [2.24, 2.45) is 0 Å². The molecule has 7 heteroatoms. The minimum Gasteiger partial charge on any atom is -0.491 e. The van der Waals surface area contributed by atoms with Gasteiger partial charge >= 0.3 is 0 Å². The molecule has 0 aromatic heterocycles. The molecule has 2 N–H and O–H groups in total. The van der Waals surface area contributed by atoms with Gasteiger partial charge in [0.05, 0.1) is 12.6 Å². The molecule has 1 aliphatic heterocycles. The smallest absolute Gasteiger partial charge is 0.234 e. The van der Waals surface area contributed by atoms with E-state index < -0.39 is 0 Å². The standard InChI is InChI=1S/C16H25N3O2.2ClH/c1-13(2)21-15-5-3-4-14(10-15)11-18-16(20)12-19-8-6-17-7-9-19;;/h3-5,10,13,17H,6-9,11-12H2,1-2H3,(H,18,20);2*1H. The number of hydrogen-bond donors (Lipinski definition) is 2. The molecule has 23 heavy (non-hydrogen) atoms. The minimum absolute atomic E-state index is 0. The molecule has 2 rings (SSSR count). The molecule has 5 nitrogen and oxygen atoms in total. The molecule has 0 radical (unpaired) electrons. The topological polar surface area (TPSA) is 53.6 Å². The molecule has 0 saturated carbocycles. The molecule has 1 aromatic rings. The normalized spacial score (nSPS) is 14.6. The second-order valence-electron chi connectivity index (χ2n) is 5.62. The maximum absolute atomic E-state index is 11.9. The highest BCUT2D eigenvalue weighted by Gasteiger charge is 2.13. The quantitative estimate of drug-likeness (QED) is 0.809. The molecule has 1 fully saturated rings. The highest BCUT2D eigenvalue weighted by atomic mass is 35.5. The van der Waals surface area contributed by atoms with Crippen LogP contribution < -0.4 is 15.4 Å². The van der Waals surface area contributed by atoms with Gasteiger partial charge in [0.15, 0.2) is 0 Å². The van der Waals surface area contributed by atoms with E-state index in [0.29, 0.717) is 13.1 Å². The van der Waals surface area contributed by atoms with Crippen LogP contribution in [0.5, 0.6) is 5.75 Å². The zero-order valence-corrected chi connectivity index (χ0v) is 15.3. The Morgan fingerprint density at radius 1 is 1.30 bits per heavy atom. The fraction of sp³-hybridized carbons (Fsp3) is 0.562. The summed E-state index contributed by atoms with van der Waals surface area (Å²) in [6.45, 7) is 8.81. The van der Waals surface area contributed by atoms with Crippen LogP contribution >= 0.6 is 24.8 Å². The van der Waals surface area contributed by atoms with Gasteiger partial charge in [-0.05, 0) is 31.5 Å². The molecule has 0 bridgehead atoms. The number of nitrogens with one attached hydrogen (secondary N) is 2. The summed E-state index contributed by atoms with van der Waals surface area (Å²) in [4.78, 5) is 14.1. The number of ether oxygens (including phenoxy) is 1. The zero-order valence-electron chi connectivity index (χ0n) is 13.7. The van der Waals surface area contributed by atoms with Crippen LogP contribution in [0, 0.1) is 0 Å². The molecule has 0 spiro atoms. The number of benzene rings is 1. The average molecular weight is 364 g/mol. The first kappa shape index (κ1) is 22.0. The first-order chi connectivity index (χ1) is 10.1. The van der Waals surface area contributed by atoms with E-state index in [1.54, 1.807) is 0 Å². The van der Waals surface area contributed by atoms with Crippen molar-refractivity contribution in [2.75, 3.05) is 32.7 Å². The fourth-order valence-electron chi connectivity index (χ4n) is 2.33. The third-order valence-corrected chi connectivity index (χ3v) is 3.34. The first-order valence-electron chi connectivity index (χ1n) is 7.59. The Morgan fingerprint density at radius 3 is 2.65 bits per heavy atom. The van der Waals surface area contributed by atoms with E-state index in [4.69, 9.17) is 4.74 Å². The molecule has 1 aliphatic rings. The second-order valence-corrected chi connectivity index (χ2v) is 5.62. The molecule has 0 aliphatic carbocycles. The lowest BCUT2D eigenvalue weighted by Gasteiger charge is -2.26. The van der Waals surface area contributed by atoms with Gasteiger partial charge in [-0.3, -0.25) is 9.69 Å². The Balaban J connectivity index is 0.00000242. The maximum Gasteiger partial charge on any atom is 0.234 e. The summed E-state index contributed by atoms with van der Waals surface area (Å²) < 4.78 is 5.66. The molecule has 0 atom stereocenters. The highest BCUT2D eigenvalue weighted by molar-refractivity contribution is 5.85. The SMILES string of the molecule is CC(C)Oc1cccc(CNC(=O)CN2CCNCC2)c1.Cl.Cl. The van der Waals surface area contributed by atoms with Gasteiger partial charge in [0.2, 0.25) is 5.91 Å². The largest absolute Gasteiger partial charge is 0.491 e. The lowest BCUT2D eigenvalue weighted by Crippen LogP contribution is -2.47. The Hall–Kier alpha value is -1.01. The summed E-state index contributed by atoms with van der Waals surface area (Å²) in [5.41, 5.74) is 1.06. The van der Waals surface area contributed by atoms with Crippen LogP contribution in [0.4, 0.5) is 0 Å². The van der Waals surface area contributed by atoms with Crippen molar-refractivity contribution in [2.45, 2.75) is 26.5 Å². The van der Waals surface area contributed by atoms with Crippen molar-refractivity contribution in [1.82, 2.24) is 15.5 Å². The van der Waals surface area contributed by atoms with E-state index in [1.165, 1.54) is 0 Å². The van der Waals surface area contributed by atoms with Crippen molar-refractivity contribution in [3.05, 3.63) is 29.8 Å². The molecule has 0 unspecified atom stereocenters. The van der Waals surface area contributed by atoms with Crippen molar-refractivity contribution in [3.8, 4) is 5.75 Å². The molecule has 1 amide bonds. The first-order valence-corrected chi connectivity index (χ1v) is 7.59. The van der Waals surface area contributed by atoms with Gasteiger partial charge in [0.1, 0.15) is 5.75 Å². The Bertz CT molecular complexity index is 466. The van der Waals surface area contributed by atoms with E-state index in [0.717, 1.165) is 37.5 Å². The number of hydrogen-bond acceptors (Lipinski definition) is 4. The third-order valence-electron chi connectivity index (χ3n) is 3.34. The lowest BCUT2D eigenvalue weighted by molar-refractivity contribution is -0.122. The summed E-state index contributed by atoms with van der Waals surface area (Å²) in [6.07, 6.45) is 0.155. The van der Waals surface area contributed by atoms with E-state index in [9.17, 15) is 4.79 Å². The summed E-state index contributed by atoms with van der Waals surface area (Å²) in [5.74, 6) is 0.922. The van der Waals surface area contributed by atoms with E-state index in [2.05, 4.69) is 15.5 Å². The van der Waals surface area contributed by atoms with Crippen LogP contribution in [-0.4, -0.2) is 49.6 Å². The van der Waals surface area contributed by atoms with Gasteiger partial charge in [-0.2, -0.15) is 0 Å². The molecular formula is C16H27Cl2N3O2.